The van der Waals surface area contributed by atoms with Crippen LogP contribution in [0.5, 0.6) is 11.8 Å². The summed E-state index contributed by atoms with van der Waals surface area (Å²) in [4.78, 5) is 17.4. The first kappa shape index (κ1) is 27.6. The van der Waals surface area contributed by atoms with E-state index < -0.39 is 6.17 Å². The van der Waals surface area contributed by atoms with Crippen molar-refractivity contribution < 1.29 is 14.2 Å². The number of benzene rings is 2. The average Bonchev–Trinajstić information content (AvgIpc) is 3.75. The Balaban J connectivity index is 1.07. The van der Waals surface area contributed by atoms with Crippen LogP contribution in [0.1, 0.15) is 56.2 Å². The van der Waals surface area contributed by atoms with E-state index in [4.69, 9.17) is 14.7 Å². The summed E-state index contributed by atoms with van der Waals surface area (Å²) in [5.41, 5.74) is 2.94. The minimum Gasteiger partial charge on any atom is -0.508 e. The van der Waals surface area contributed by atoms with E-state index >= 15 is 0 Å². The number of aromatic hydroxyl groups is 1. The summed E-state index contributed by atoms with van der Waals surface area (Å²) < 4.78 is 22.5. The van der Waals surface area contributed by atoms with Crippen molar-refractivity contribution in [2.24, 2.45) is 5.92 Å². The molecule has 10 heteroatoms. The second-order valence-electron chi connectivity index (χ2n) is 14.2. The number of piperazine rings is 1. The van der Waals surface area contributed by atoms with Gasteiger partial charge in [-0.05, 0) is 62.0 Å². The largest absolute Gasteiger partial charge is 0.508 e. The van der Waals surface area contributed by atoms with Gasteiger partial charge in [-0.15, -0.1) is 0 Å². The third-order valence-corrected chi connectivity index (χ3v) is 12.2. The third-order valence-electron chi connectivity index (χ3n) is 11.5. The molecule has 4 saturated heterocycles. The molecule has 0 radical (unpaired) electrons. The van der Waals surface area contributed by atoms with Crippen LogP contribution in [0.4, 0.5) is 15.9 Å². The highest BCUT2D eigenvalue weighted by Crippen LogP contribution is 2.52. The molecule has 8 nitrogen and oxygen atoms in total. The zero-order valence-electron chi connectivity index (χ0n) is 25.0. The molecule has 6 heterocycles. The topological polar surface area (TPSA) is 77.0 Å². The number of hydrogen-bond acceptors (Lipinski definition) is 8. The maximum atomic E-state index is 14.9. The number of nitrogens with one attached hydrogen (secondary N) is 1. The lowest BCUT2D eigenvalue weighted by Crippen LogP contribution is -2.52. The number of alkyl halides is 1. The summed E-state index contributed by atoms with van der Waals surface area (Å²) in [6.45, 7) is 4.27. The van der Waals surface area contributed by atoms with Crippen molar-refractivity contribution in [2.45, 2.75) is 87.7 Å². The van der Waals surface area contributed by atoms with Gasteiger partial charge in [0.1, 0.15) is 24.3 Å². The van der Waals surface area contributed by atoms with Crippen molar-refractivity contribution >= 4 is 38.2 Å². The van der Waals surface area contributed by atoms with Gasteiger partial charge in [0.25, 0.3) is 0 Å². The molecule has 5 fully saturated rings. The molecule has 2 aromatic carbocycles. The fourth-order valence-corrected chi connectivity index (χ4v) is 10.3. The first-order valence-electron chi connectivity index (χ1n) is 16.5. The highest BCUT2D eigenvalue weighted by molar-refractivity contribution is 9.10. The molecule has 2 bridgehead atoms. The van der Waals surface area contributed by atoms with Crippen molar-refractivity contribution in [1.82, 2.24) is 20.2 Å². The van der Waals surface area contributed by atoms with Crippen LogP contribution in [-0.4, -0.2) is 82.6 Å². The third kappa shape index (κ3) is 4.49. The van der Waals surface area contributed by atoms with E-state index in [0.717, 1.165) is 64.9 Å². The van der Waals surface area contributed by atoms with Crippen molar-refractivity contribution in [2.75, 3.05) is 42.6 Å². The molecule has 2 unspecified atom stereocenters. The number of phenols is 1. The van der Waals surface area contributed by atoms with Crippen LogP contribution < -0.4 is 19.9 Å². The highest BCUT2D eigenvalue weighted by atomic mass is 79.9. The lowest BCUT2D eigenvalue weighted by molar-refractivity contribution is 0.0829. The number of ether oxygens (including phenoxy) is 1. The highest BCUT2D eigenvalue weighted by Gasteiger charge is 2.58. The molecule has 1 aromatic heterocycles. The molecule has 1 saturated carbocycles. The molecule has 232 valence electrons. The van der Waals surface area contributed by atoms with E-state index in [1.54, 1.807) is 0 Å². The van der Waals surface area contributed by atoms with E-state index in [2.05, 4.69) is 42.0 Å². The Labute approximate surface area is 266 Å². The Bertz CT molecular complexity index is 1610. The molecule has 2 N–H and O–H groups in total. The van der Waals surface area contributed by atoms with E-state index in [0.29, 0.717) is 56.2 Å². The molecule has 9 rings (SSSR count). The van der Waals surface area contributed by atoms with Gasteiger partial charge in [0, 0.05) is 77.9 Å². The number of aromatic nitrogens is 2. The van der Waals surface area contributed by atoms with Crippen molar-refractivity contribution in [3.8, 4) is 11.8 Å². The Morgan fingerprint density at radius 3 is 2.77 bits per heavy atom. The molecule has 0 amide bonds. The molecular formula is C34H40BrFN6O2. The normalized spacial score (nSPS) is 32.7. The van der Waals surface area contributed by atoms with E-state index in [9.17, 15) is 9.50 Å². The number of nitrogens with zero attached hydrogens (tertiary/aromatic N) is 5. The summed E-state index contributed by atoms with van der Waals surface area (Å²) in [5, 5.41) is 16.5. The van der Waals surface area contributed by atoms with Gasteiger partial charge < -0.3 is 25.0 Å². The summed E-state index contributed by atoms with van der Waals surface area (Å²) in [7, 11) is 0. The van der Waals surface area contributed by atoms with Crippen molar-refractivity contribution in [3.05, 3.63) is 46.1 Å². The number of anilines is 2. The van der Waals surface area contributed by atoms with Crippen LogP contribution >= 0.6 is 15.9 Å². The lowest BCUT2D eigenvalue weighted by atomic mass is 9.89. The van der Waals surface area contributed by atoms with Crippen LogP contribution in [0.15, 0.2) is 34.8 Å². The van der Waals surface area contributed by atoms with Crippen LogP contribution in [0.2, 0.25) is 0 Å². The quantitative estimate of drug-likeness (QED) is 0.380. The molecule has 44 heavy (non-hydrogen) atoms. The molecule has 1 aliphatic carbocycles. The second kappa shape index (κ2) is 10.4. The van der Waals surface area contributed by atoms with Gasteiger partial charge in [-0.2, -0.15) is 9.97 Å². The van der Waals surface area contributed by atoms with E-state index in [1.165, 1.54) is 37.7 Å². The molecule has 6 atom stereocenters. The summed E-state index contributed by atoms with van der Waals surface area (Å²) in [6, 6.07) is 11.7. The fourth-order valence-electron chi connectivity index (χ4n) is 9.73. The zero-order valence-corrected chi connectivity index (χ0v) is 26.6. The van der Waals surface area contributed by atoms with Crippen LogP contribution in [0.3, 0.4) is 0 Å². The summed E-state index contributed by atoms with van der Waals surface area (Å²) >= 11 is 3.76. The summed E-state index contributed by atoms with van der Waals surface area (Å²) in [6.07, 6.45) is 7.69. The van der Waals surface area contributed by atoms with Crippen LogP contribution in [0, 0.1) is 5.92 Å². The SMILES string of the molecule is Oc1cc(N2CCc3c(nc(OC[C@@]45C[C@H](F)CN4[C@@H]4CCC[C@@H]4C5)nc3N3CC4CCC(C3)N4)C2)c2c(Br)cccc2c1. The molecule has 3 aromatic rings. The Morgan fingerprint density at radius 2 is 1.91 bits per heavy atom. The second-order valence-corrected chi connectivity index (χ2v) is 15.1. The number of hydrogen-bond donors (Lipinski definition) is 2. The number of phenolic OH excluding ortho intramolecular Hbond substituents is 1. The van der Waals surface area contributed by atoms with E-state index in [-0.39, 0.29) is 11.3 Å². The van der Waals surface area contributed by atoms with E-state index in [1.807, 2.05) is 24.3 Å². The van der Waals surface area contributed by atoms with Gasteiger partial charge in [0.15, 0.2) is 0 Å². The number of rotatable bonds is 5. The first-order valence-corrected chi connectivity index (χ1v) is 17.3. The zero-order chi connectivity index (χ0) is 29.6. The summed E-state index contributed by atoms with van der Waals surface area (Å²) in [5.74, 6) is 1.93. The average molecular weight is 664 g/mol. The molecule has 0 spiro atoms. The Kier molecular flexibility index (Phi) is 6.54. The van der Waals surface area contributed by atoms with Crippen molar-refractivity contribution in [1.29, 1.82) is 0 Å². The molecule has 6 aliphatic rings. The van der Waals surface area contributed by atoms with Crippen LogP contribution in [-0.2, 0) is 13.0 Å². The van der Waals surface area contributed by atoms with Gasteiger partial charge in [-0.1, -0.05) is 34.5 Å². The maximum absolute atomic E-state index is 14.9. The fraction of sp³-hybridized carbons (Fsp3) is 0.588. The first-order chi connectivity index (χ1) is 21.4. The van der Waals surface area contributed by atoms with Crippen molar-refractivity contribution in [3.63, 3.8) is 0 Å². The van der Waals surface area contributed by atoms with Gasteiger partial charge >= 0.3 is 6.01 Å². The smallest absolute Gasteiger partial charge is 0.318 e. The number of fused-ring (bicyclic) bond motifs is 7. The molecule has 5 aliphatic heterocycles. The minimum atomic E-state index is -0.790. The van der Waals surface area contributed by atoms with Gasteiger partial charge in [-0.25, -0.2) is 4.39 Å². The maximum Gasteiger partial charge on any atom is 0.318 e. The van der Waals surface area contributed by atoms with Gasteiger partial charge in [-0.3, -0.25) is 4.90 Å². The standard InChI is InChI=1S/C34H40BrFN6O2/c35-27-5-1-3-20-11-25(43)12-30(31(20)27)40-10-9-26-28(18-40)38-33(39-32(26)41-16-23-7-8-24(17-41)37-23)44-19-34-13-21-4-2-6-29(21)42(34)15-22(36)14-34/h1,3,5,11-12,21-24,29,37,43H,2,4,6-10,13-19H2/t21-,22+,23?,24?,29-,34-/m1/s1. The monoisotopic (exact) mass is 662 g/mol. The number of halogens is 2. The van der Waals surface area contributed by atoms with Gasteiger partial charge in [0.2, 0.25) is 0 Å². The molecular weight excluding hydrogens is 623 g/mol. The van der Waals surface area contributed by atoms with Gasteiger partial charge in [0.05, 0.1) is 17.8 Å². The predicted octanol–water partition coefficient (Wildman–Crippen LogP) is 5.34. The predicted molar refractivity (Wildman–Crippen MR) is 172 cm³/mol. The Morgan fingerprint density at radius 1 is 1.05 bits per heavy atom. The Hall–Kier alpha value is -2.69. The van der Waals surface area contributed by atoms with Crippen LogP contribution in [0.25, 0.3) is 10.8 Å². The minimum absolute atomic E-state index is 0.248. The lowest BCUT2D eigenvalue weighted by Gasteiger charge is -2.38.